The van der Waals surface area contributed by atoms with Gasteiger partial charge in [-0.15, -0.1) is 0 Å². The molecule has 394 valence electrons. The van der Waals surface area contributed by atoms with E-state index in [-0.39, 0.29) is 18.9 Å². The molecule has 0 aromatic rings. The van der Waals surface area contributed by atoms with Crippen LogP contribution < -0.4 is 5.32 Å². The Hall–Kier alpha value is -1.47. The van der Waals surface area contributed by atoms with Gasteiger partial charge in [-0.2, -0.15) is 0 Å². The highest BCUT2D eigenvalue weighted by Gasteiger charge is 2.53. The minimum absolute atomic E-state index is 0.257. The average Bonchev–Trinajstić information content (AvgIpc) is 3.32. The molecule has 19 nitrogen and oxygen atoms in total. The van der Waals surface area contributed by atoms with Crippen LogP contribution in [0.4, 0.5) is 0 Å². The lowest BCUT2D eigenvalue weighted by Gasteiger charge is -2.48. The average molecular weight is 968 g/mol. The summed E-state index contributed by atoms with van der Waals surface area (Å²) in [7, 11) is 0. The zero-order valence-electron chi connectivity index (χ0n) is 40.1. The topological polar surface area (TPSA) is 307 Å². The van der Waals surface area contributed by atoms with E-state index in [4.69, 9.17) is 28.4 Å². The van der Waals surface area contributed by atoms with E-state index >= 15 is 0 Å². The maximum Gasteiger partial charge on any atom is 0.220 e. The van der Waals surface area contributed by atoms with Gasteiger partial charge in [0.1, 0.15) is 73.2 Å². The Morgan fingerprint density at radius 3 is 1.51 bits per heavy atom. The molecule has 17 unspecified atom stereocenters. The summed E-state index contributed by atoms with van der Waals surface area (Å²) in [6.45, 7) is 1.67. The third-order valence-electron chi connectivity index (χ3n) is 13.1. The molecule has 0 bridgehead atoms. The molecule has 0 aliphatic carbocycles. The molecule has 3 heterocycles. The Labute approximate surface area is 397 Å². The molecule has 67 heavy (non-hydrogen) atoms. The Bertz CT molecular complexity index is 1300. The van der Waals surface area contributed by atoms with Crippen LogP contribution in [0, 0.1) is 0 Å². The number of hydrogen-bond acceptors (Lipinski definition) is 18. The highest BCUT2D eigenvalue weighted by molar-refractivity contribution is 5.76. The van der Waals surface area contributed by atoms with E-state index in [9.17, 15) is 61.0 Å². The molecule has 12 N–H and O–H groups in total. The van der Waals surface area contributed by atoms with Gasteiger partial charge in [-0.3, -0.25) is 4.79 Å². The predicted octanol–water partition coefficient (Wildman–Crippen LogP) is 1.48. The van der Waals surface area contributed by atoms with Crippen molar-refractivity contribution in [1.29, 1.82) is 0 Å². The SMILES string of the molecule is CCC/C=C\CCCCCCCC(=O)NC(COC1OC(CO)C(OC2OC(CO)C(OC3OC(CO)C(O)C(O)C3O)C(O)C2O)C(O)C1O)C(O)CCCCCCCCCCCCCC. The summed E-state index contributed by atoms with van der Waals surface area (Å²) in [5, 5.41) is 120. The van der Waals surface area contributed by atoms with Gasteiger partial charge in [-0.1, -0.05) is 129 Å². The zero-order chi connectivity index (χ0) is 49.1. The number of aliphatic hydroxyl groups is 11. The minimum atomic E-state index is -1.97. The first-order chi connectivity index (χ1) is 32.3. The van der Waals surface area contributed by atoms with E-state index in [1.807, 2.05) is 0 Å². The summed E-state index contributed by atoms with van der Waals surface area (Å²) in [4.78, 5) is 13.2. The molecule has 3 rings (SSSR count). The van der Waals surface area contributed by atoms with Gasteiger partial charge in [0.2, 0.25) is 5.91 Å². The standard InChI is InChI=1S/C48H89NO18/c1-3-5-7-9-11-13-15-16-17-19-21-23-25-32(53)31(49-36(54)26-24-22-20-18-14-12-10-8-6-4-2)30-62-46-42(60)39(57)44(34(28-51)64-46)67-48-43(61)40(58)45(35(29-52)65-48)66-47-41(59)38(56)37(55)33(27-50)63-47/h8,10,31-35,37-48,50-53,55-61H,3-7,9,11-30H2,1-2H3,(H,49,54)/b10-8-. The Morgan fingerprint density at radius 2 is 0.970 bits per heavy atom. The first kappa shape index (κ1) is 59.8. The first-order valence-corrected chi connectivity index (χ1v) is 25.4. The van der Waals surface area contributed by atoms with Crippen LogP contribution in [0.3, 0.4) is 0 Å². The maximum atomic E-state index is 13.2. The molecule has 0 aromatic carbocycles. The second-order valence-corrected chi connectivity index (χ2v) is 18.6. The number of unbranched alkanes of at least 4 members (excludes halogenated alkanes) is 17. The number of nitrogens with one attached hydrogen (secondary N) is 1. The van der Waals surface area contributed by atoms with Crippen molar-refractivity contribution in [3.63, 3.8) is 0 Å². The molecule has 0 saturated carbocycles. The number of rotatable bonds is 35. The van der Waals surface area contributed by atoms with Crippen molar-refractivity contribution < 1.29 is 89.4 Å². The molecular weight excluding hydrogens is 879 g/mol. The molecule has 0 aromatic heterocycles. The largest absolute Gasteiger partial charge is 0.394 e. The van der Waals surface area contributed by atoms with Gasteiger partial charge in [-0.25, -0.2) is 0 Å². The molecule has 3 saturated heterocycles. The number of carbonyl (C=O) groups excluding carboxylic acids is 1. The fourth-order valence-electron chi connectivity index (χ4n) is 8.78. The third-order valence-corrected chi connectivity index (χ3v) is 13.1. The lowest BCUT2D eigenvalue weighted by atomic mass is 9.96. The van der Waals surface area contributed by atoms with E-state index in [0.717, 1.165) is 70.6 Å². The van der Waals surface area contributed by atoms with Crippen LogP contribution in [0.5, 0.6) is 0 Å². The molecule has 0 spiro atoms. The summed E-state index contributed by atoms with van der Waals surface area (Å²) >= 11 is 0. The van der Waals surface area contributed by atoms with Gasteiger partial charge in [0.15, 0.2) is 18.9 Å². The summed E-state index contributed by atoms with van der Waals surface area (Å²) in [5.74, 6) is -0.257. The van der Waals surface area contributed by atoms with Crippen molar-refractivity contribution in [3.8, 4) is 0 Å². The second-order valence-electron chi connectivity index (χ2n) is 18.6. The summed E-state index contributed by atoms with van der Waals surface area (Å²) in [6.07, 6.45) is 0.493. The van der Waals surface area contributed by atoms with Crippen molar-refractivity contribution >= 4 is 5.91 Å². The van der Waals surface area contributed by atoms with Crippen LogP contribution >= 0.6 is 0 Å². The normalized spacial score (nSPS) is 33.5. The summed E-state index contributed by atoms with van der Waals surface area (Å²) in [5.41, 5.74) is 0. The smallest absolute Gasteiger partial charge is 0.220 e. The van der Waals surface area contributed by atoms with Crippen LogP contribution in [-0.2, 0) is 33.2 Å². The van der Waals surface area contributed by atoms with Gasteiger partial charge < -0.3 is 89.9 Å². The van der Waals surface area contributed by atoms with E-state index in [1.165, 1.54) is 51.4 Å². The molecule has 3 aliphatic heterocycles. The van der Waals surface area contributed by atoms with E-state index in [0.29, 0.717) is 12.8 Å². The fourth-order valence-corrected chi connectivity index (χ4v) is 8.78. The number of hydrogen-bond donors (Lipinski definition) is 12. The molecular formula is C48H89NO18. The fraction of sp³-hybridized carbons (Fsp3) is 0.938. The highest BCUT2D eigenvalue weighted by atomic mass is 16.8. The number of aliphatic hydroxyl groups excluding tert-OH is 11. The zero-order valence-corrected chi connectivity index (χ0v) is 40.1. The van der Waals surface area contributed by atoms with E-state index in [1.54, 1.807) is 0 Å². The Balaban J connectivity index is 1.56. The number of amides is 1. The van der Waals surface area contributed by atoms with Crippen LogP contribution in [0.15, 0.2) is 12.2 Å². The quantitative estimate of drug-likeness (QED) is 0.0316. The molecule has 0 radical (unpaired) electrons. The van der Waals surface area contributed by atoms with Crippen molar-refractivity contribution in [1.82, 2.24) is 5.32 Å². The lowest BCUT2D eigenvalue weighted by Crippen LogP contribution is -2.66. The monoisotopic (exact) mass is 968 g/mol. The van der Waals surface area contributed by atoms with Crippen molar-refractivity contribution in [2.24, 2.45) is 0 Å². The number of carbonyl (C=O) groups is 1. The lowest BCUT2D eigenvalue weighted by molar-refractivity contribution is -0.379. The molecule has 3 aliphatic rings. The van der Waals surface area contributed by atoms with Gasteiger partial charge in [0.05, 0.1) is 38.6 Å². The molecule has 1 amide bonds. The predicted molar refractivity (Wildman–Crippen MR) is 245 cm³/mol. The number of ether oxygens (including phenoxy) is 6. The van der Waals surface area contributed by atoms with E-state index in [2.05, 4.69) is 31.3 Å². The highest BCUT2D eigenvalue weighted by Crippen LogP contribution is 2.33. The van der Waals surface area contributed by atoms with Gasteiger partial charge in [-0.05, 0) is 32.1 Å². The van der Waals surface area contributed by atoms with Crippen molar-refractivity contribution in [2.45, 2.75) is 259 Å². The van der Waals surface area contributed by atoms with Crippen LogP contribution in [0.25, 0.3) is 0 Å². The first-order valence-electron chi connectivity index (χ1n) is 25.4. The van der Waals surface area contributed by atoms with Crippen LogP contribution in [0.1, 0.15) is 155 Å². The Morgan fingerprint density at radius 1 is 0.522 bits per heavy atom. The molecule has 3 fully saturated rings. The second kappa shape index (κ2) is 34.0. The third kappa shape index (κ3) is 20.3. The molecule has 17 atom stereocenters. The van der Waals surface area contributed by atoms with Gasteiger partial charge >= 0.3 is 0 Å². The summed E-state index contributed by atoms with van der Waals surface area (Å²) in [6, 6.07) is -0.884. The van der Waals surface area contributed by atoms with E-state index < -0.39 is 124 Å². The van der Waals surface area contributed by atoms with Gasteiger partial charge in [0, 0.05) is 6.42 Å². The Kier molecular flexibility index (Phi) is 30.4. The number of allylic oxidation sites excluding steroid dienone is 2. The maximum absolute atomic E-state index is 13.2. The van der Waals surface area contributed by atoms with Crippen LogP contribution in [0.2, 0.25) is 0 Å². The molecule has 19 heteroatoms. The summed E-state index contributed by atoms with van der Waals surface area (Å²) < 4.78 is 34.1. The van der Waals surface area contributed by atoms with Crippen LogP contribution in [-0.4, -0.2) is 193 Å². The van der Waals surface area contributed by atoms with Gasteiger partial charge in [0.25, 0.3) is 0 Å². The van der Waals surface area contributed by atoms with Crippen molar-refractivity contribution in [3.05, 3.63) is 12.2 Å². The minimum Gasteiger partial charge on any atom is -0.394 e. The van der Waals surface area contributed by atoms with Crippen molar-refractivity contribution in [2.75, 3.05) is 26.4 Å².